The highest BCUT2D eigenvalue weighted by atomic mass is 32.2. The predicted octanol–water partition coefficient (Wildman–Crippen LogP) is 2.05. The molecule has 19 heavy (non-hydrogen) atoms. The lowest BCUT2D eigenvalue weighted by Crippen LogP contribution is -2.19. The first kappa shape index (κ1) is 13.5. The summed E-state index contributed by atoms with van der Waals surface area (Å²) in [7, 11) is 2.78. The van der Waals surface area contributed by atoms with Gasteiger partial charge in [-0.15, -0.1) is 11.8 Å². The van der Waals surface area contributed by atoms with Crippen LogP contribution in [0.2, 0.25) is 0 Å². The largest absolute Gasteiger partial charge is 0.495 e. The Morgan fingerprint density at radius 2 is 2.05 bits per heavy atom. The number of rotatable bonds is 3. The van der Waals surface area contributed by atoms with Crippen molar-refractivity contribution in [1.29, 1.82) is 0 Å². The molecule has 0 atom stereocenters. The number of thioether (sulfide) groups is 1. The van der Waals surface area contributed by atoms with Gasteiger partial charge in [0.2, 0.25) is 5.43 Å². The van der Waals surface area contributed by atoms with Crippen LogP contribution in [-0.2, 0) is 4.74 Å². The molecule has 1 aromatic heterocycles. The fourth-order valence-electron chi connectivity index (χ4n) is 1.87. The summed E-state index contributed by atoms with van der Waals surface area (Å²) in [6.45, 7) is 0. The van der Waals surface area contributed by atoms with Crippen molar-refractivity contribution in [2.45, 2.75) is 5.03 Å². The van der Waals surface area contributed by atoms with E-state index in [4.69, 9.17) is 4.74 Å². The highest BCUT2D eigenvalue weighted by molar-refractivity contribution is 7.98. The number of nitrogens with one attached hydrogen (secondary N) is 1. The Hall–Kier alpha value is -1.95. The fraction of sp³-hybridized carbons (Fsp3) is 0.231. The minimum atomic E-state index is -0.643. The van der Waals surface area contributed by atoms with Crippen LogP contribution in [-0.4, -0.2) is 31.4 Å². The summed E-state index contributed by atoms with van der Waals surface area (Å²) < 4.78 is 9.87. The molecule has 6 heteroatoms. The van der Waals surface area contributed by atoms with Crippen LogP contribution in [0.25, 0.3) is 10.9 Å². The first-order chi connectivity index (χ1) is 9.13. The van der Waals surface area contributed by atoms with Crippen LogP contribution in [0.4, 0.5) is 0 Å². The first-order valence-electron chi connectivity index (χ1n) is 5.49. The van der Waals surface area contributed by atoms with Gasteiger partial charge in [0.25, 0.3) is 0 Å². The highest BCUT2D eigenvalue weighted by Gasteiger charge is 2.20. The molecule has 0 bridgehead atoms. The van der Waals surface area contributed by atoms with Crippen LogP contribution in [0.15, 0.2) is 28.0 Å². The molecule has 1 N–H and O–H groups in total. The van der Waals surface area contributed by atoms with E-state index in [0.29, 0.717) is 21.7 Å². The van der Waals surface area contributed by atoms with Gasteiger partial charge in [-0.1, -0.05) is 6.07 Å². The number of para-hydroxylation sites is 1. The Balaban J connectivity index is 2.89. The molecule has 0 fully saturated rings. The average molecular weight is 279 g/mol. The van der Waals surface area contributed by atoms with E-state index in [1.165, 1.54) is 26.0 Å². The Kier molecular flexibility index (Phi) is 3.80. The van der Waals surface area contributed by atoms with E-state index in [1.807, 2.05) is 0 Å². The third kappa shape index (κ3) is 2.19. The van der Waals surface area contributed by atoms with Crippen molar-refractivity contribution in [1.82, 2.24) is 4.98 Å². The third-order valence-electron chi connectivity index (χ3n) is 2.78. The minimum absolute atomic E-state index is 0.0238. The van der Waals surface area contributed by atoms with Crippen molar-refractivity contribution < 1.29 is 14.3 Å². The summed E-state index contributed by atoms with van der Waals surface area (Å²) in [6, 6.07) is 5.10. The SMILES string of the molecule is COC(=O)c1c(SC)[nH]c2c(OC)cccc2c1=O. The number of ether oxygens (including phenoxy) is 2. The van der Waals surface area contributed by atoms with Gasteiger partial charge in [0.15, 0.2) is 0 Å². The second-order valence-corrected chi connectivity index (χ2v) is 4.55. The number of hydrogen-bond acceptors (Lipinski definition) is 5. The van der Waals surface area contributed by atoms with Crippen molar-refractivity contribution in [2.75, 3.05) is 20.5 Å². The van der Waals surface area contributed by atoms with Crippen LogP contribution in [0.5, 0.6) is 5.75 Å². The number of aromatic nitrogens is 1. The monoisotopic (exact) mass is 279 g/mol. The molecule has 100 valence electrons. The summed E-state index contributed by atoms with van der Waals surface area (Å²) in [4.78, 5) is 27.2. The van der Waals surface area contributed by atoms with Crippen molar-refractivity contribution in [3.8, 4) is 5.75 Å². The zero-order valence-corrected chi connectivity index (χ0v) is 11.6. The van der Waals surface area contributed by atoms with E-state index in [2.05, 4.69) is 9.72 Å². The Morgan fingerprint density at radius 3 is 2.63 bits per heavy atom. The molecule has 0 saturated carbocycles. The van der Waals surface area contributed by atoms with E-state index < -0.39 is 5.97 Å². The Labute approximate surface area is 113 Å². The maximum absolute atomic E-state index is 12.4. The standard InChI is InChI=1S/C13H13NO4S/c1-17-8-6-4-5-7-10(8)14-12(19-3)9(11(7)15)13(16)18-2/h4-6H,1-3H3,(H,14,15). The first-order valence-corrected chi connectivity index (χ1v) is 6.71. The molecule has 0 amide bonds. The third-order valence-corrected chi connectivity index (χ3v) is 3.49. The number of esters is 1. The smallest absolute Gasteiger partial charge is 0.344 e. The minimum Gasteiger partial charge on any atom is -0.495 e. The summed E-state index contributed by atoms with van der Waals surface area (Å²) in [5, 5.41) is 0.867. The predicted molar refractivity (Wildman–Crippen MR) is 74.2 cm³/mol. The zero-order chi connectivity index (χ0) is 14.0. The molecule has 1 aromatic carbocycles. The van der Waals surface area contributed by atoms with Gasteiger partial charge in [0.05, 0.1) is 30.1 Å². The van der Waals surface area contributed by atoms with Crippen LogP contribution < -0.4 is 10.2 Å². The van der Waals surface area contributed by atoms with Gasteiger partial charge >= 0.3 is 5.97 Å². The lowest BCUT2D eigenvalue weighted by Gasteiger charge is -2.10. The van der Waals surface area contributed by atoms with E-state index in [-0.39, 0.29) is 11.0 Å². The molecule has 0 saturated heterocycles. The second-order valence-electron chi connectivity index (χ2n) is 3.74. The van der Waals surface area contributed by atoms with E-state index in [9.17, 15) is 9.59 Å². The van der Waals surface area contributed by atoms with Crippen LogP contribution in [0.3, 0.4) is 0 Å². The second kappa shape index (κ2) is 5.36. The van der Waals surface area contributed by atoms with E-state index >= 15 is 0 Å². The number of H-pyrrole nitrogens is 1. The topological polar surface area (TPSA) is 68.4 Å². The normalized spacial score (nSPS) is 10.5. The molecule has 2 rings (SSSR count). The summed E-state index contributed by atoms with van der Waals surface area (Å²) in [5.41, 5.74) is 0.242. The molecule has 0 radical (unpaired) electrons. The van der Waals surface area contributed by atoms with E-state index in [0.717, 1.165) is 0 Å². The van der Waals surface area contributed by atoms with Gasteiger partial charge in [-0.25, -0.2) is 4.79 Å². The Bertz CT molecular complexity index is 693. The van der Waals surface area contributed by atoms with Crippen molar-refractivity contribution in [3.05, 3.63) is 34.0 Å². The van der Waals surface area contributed by atoms with Crippen LogP contribution in [0.1, 0.15) is 10.4 Å². The number of carbonyl (C=O) groups excluding carboxylic acids is 1. The molecular formula is C13H13NO4S. The molecule has 0 aliphatic heterocycles. The molecule has 0 unspecified atom stereocenters. The van der Waals surface area contributed by atoms with Gasteiger partial charge in [0.1, 0.15) is 11.3 Å². The number of benzene rings is 1. The van der Waals surface area contributed by atoms with Crippen molar-refractivity contribution >= 4 is 28.6 Å². The quantitative estimate of drug-likeness (QED) is 0.688. The van der Waals surface area contributed by atoms with Crippen LogP contribution in [0, 0.1) is 0 Å². The number of fused-ring (bicyclic) bond motifs is 1. The summed E-state index contributed by atoms with van der Waals surface area (Å²) in [6.07, 6.45) is 1.78. The van der Waals surface area contributed by atoms with Gasteiger partial charge in [0, 0.05) is 0 Å². The maximum Gasteiger partial charge on any atom is 0.344 e. The lowest BCUT2D eigenvalue weighted by atomic mass is 10.1. The number of pyridine rings is 1. The fourth-order valence-corrected chi connectivity index (χ4v) is 2.46. The van der Waals surface area contributed by atoms with Gasteiger partial charge in [-0.2, -0.15) is 0 Å². The molecule has 0 aliphatic rings. The maximum atomic E-state index is 12.4. The molecular weight excluding hydrogens is 266 g/mol. The molecule has 5 nitrogen and oxygen atoms in total. The molecule has 2 aromatic rings. The van der Waals surface area contributed by atoms with Gasteiger partial charge in [-0.3, -0.25) is 4.79 Å². The highest BCUT2D eigenvalue weighted by Crippen LogP contribution is 2.26. The number of aromatic amines is 1. The van der Waals surface area contributed by atoms with Gasteiger partial charge < -0.3 is 14.5 Å². The zero-order valence-electron chi connectivity index (χ0n) is 10.8. The molecule has 0 spiro atoms. The average Bonchev–Trinajstić information content (AvgIpc) is 2.45. The molecule has 0 aliphatic carbocycles. The van der Waals surface area contributed by atoms with Crippen LogP contribution >= 0.6 is 11.8 Å². The van der Waals surface area contributed by atoms with Gasteiger partial charge in [-0.05, 0) is 18.4 Å². The van der Waals surface area contributed by atoms with E-state index in [1.54, 1.807) is 24.5 Å². The van der Waals surface area contributed by atoms with Crippen molar-refractivity contribution in [3.63, 3.8) is 0 Å². The number of carbonyl (C=O) groups is 1. The number of hydrogen-bond donors (Lipinski definition) is 1. The van der Waals surface area contributed by atoms with Crippen molar-refractivity contribution in [2.24, 2.45) is 0 Å². The Morgan fingerprint density at radius 1 is 1.32 bits per heavy atom. The summed E-state index contributed by atoms with van der Waals surface area (Å²) in [5.74, 6) is -0.0864. The summed E-state index contributed by atoms with van der Waals surface area (Å²) >= 11 is 1.28. The lowest BCUT2D eigenvalue weighted by molar-refractivity contribution is 0.0594. The number of methoxy groups -OCH3 is 2. The molecule has 1 heterocycles.